The Labute approximate surface area is 86.5 Å². The summed E-state index contributed by atoms with van der Waals surface area (Å²) in [6.45, 7) is 3.13. The van der Waals surface area contributed by atoms with Crippen LogP contribution in [-0.2, 0) is 4.79 Å². The second-order valence-corrected chi connectivity index (χ2v) is 3.42. The molecule has 0 aliphatic rings. The highest BCUT2D eigenvalue weighted by atomic mass is 19.1. The molecule has 15 heavy (non-hydrogen) atoms. The minimum Gasteiger partial charge on any atom is -0.481 e. The summed E-state index contributed by atoms with van der Waals surface area (Å²) < 4.78 is 26.3. The molecule has 1 N–H and O–H groups in total. The van der Waals surface area contributed by atoms with Crippen LogP contribution in [0.5, 0.6) is 0 Å². The van der Waals surface area contributed by atoms with Crippen LogP contribution in [0.4, 0.5) is 8.78 Å². The maximum Gasteiger partial charge on any atom is 0.311 e. The van der Waals surface area contributed by atoms with Gasteiger partial charge in [0.25, 0.3) is 0 Å². The van der Waals surface area contributed by atoms with Crippen molar-refractivity contribution >= 4 is 5.97 Å². The van der Waals surface area contributed by atoms with E-state index in [9.17, 15) is 13.6 Å². The minimum atomic E-state index is -1.09. The van der Waals surface area contributed by atoms with E-state index in [1.807, 2.05) is 0 Å². The first-order chi connectivity index (χ1) is 6.97. The fraction of sp³-hybridized carbons (Fsp3) is 0.364. The van der Waals surface area contributed by atoms with E-state index in [0.29, 0.717) is 0 Å². The summed E-state index contributed by atoms with van der Waals surface area (Å²) in [5, 5.41) is 8.85. The summed E-state index contributed by atoms with van der Waals surface area (Å²) in [5.41, 5.74) is 0.301. The van der Waals surface area contributed by atoms with Crippen molar-refractivity contribution in [2.24, 2.45) is 0 Å². The van der Waals surface area contributed by atoms with Crippen LogP contribution in [0, 0.1) is 18.6 Å². The van der Waals surface area contributed by atoms with Crippen LogP contribution >= 0.6 is 0 Å². The summed E-state index contributed by atoms with van der Waals surface area (Å²) in [6.07, 6.45) is 0.275. The van der Waals surface area contributed by atoms with Crippen molar-refractivity contribution in [2.75, 3.05) is 0 Å². The van der Waals surface area contributed by atoms with E-state index in [4.69, 9.17) is 5.11 Å². The Kier molecular flexibility index (Phi) is 3.39. The van der Waals surface area contributed by atoms with Crippen molar-refractivity contribution in [2.45, 2.75) is 26.2 Å². The van der Waals surface area contributed by atoms with Gasteiger partial charge in [-0.15, -0.1) is 0 Å². The molecular formula is C11H12F2O2. The second kappa shape index (κ2) is 4.38. The zero-order valence-corrected chi connectivity index (χ0v) is 8.55. The normalized spacial score (nSPS) is 12.5. The van der Waals surface area contributed by atoms with Crippen LogP contribution in [0.25, 0.3) is 0 Å². The van der Waals surface area contributed by atoms with E-state index < -0.39 is 23.5 Å². The predicted molar refractivity (Wildman–Crippen MR) is 51.8 cm³/mol. The molecular weight excluding hydrogens is 202 g/mol. The predicted octanol–water partition coefficient (Wildman–Crippen LogP) is 2.85. The zero-order valence-electron chi connectivity index (χ0n) is 8.55. The standard InChI is InChI=1S/C11H12F2O2/c1-3-7(11(14)15)8-4-6(2)9(12)5-10(8)13/h4-5,7H,3H2,1-2H3,(H,14,15). The molecule has 0 spiro atoms. The van der Waals surface area contributed by atoms with Crippen LogP contribution in [0.2, 0.25) is 0 Å². The molecule has 1 aromatic rings. The van der Waals surface area contributed by atoms with Gasteiger partial charge in [-0.2, -0.15) is 0 Å². The number of carbonyl (C=O) groups is 1. The quantitative estimate of drug-likeness (QED) is 0.840. The fourth-order valence-electron chi connectivity index (χ4n) is 1.47. The van der Waals surface area contributed by atoms with E-state index >= 15 is 0 Å². The lowest BCUT2D eigenvalue weighted by Crippen LogP contribution is -2.12. The molecule has 0 aromatic heterocycles. The van der Waals surface area contributed by atoms with Crippen molar-refractivity contribution in [3.05, 3.63) is 34.9 Å². The van der Waals surface area contributed by atoms with Crippen molar-refractivity contribution in [1.82, 2.24) is 0 Å². The summed E-state index contributed by atoms with van der Waals surface area (Å²) in [4.78, 5) is 10.8. The lowest BCUT2D eigenvalue weighted by Gasteiger charge is -2.12. The summed E-state index contributed by atoms with van der Waals surface area (Å²) in [6, 6.07) is 1.99. The molecule has 1 rings (SSSR count). The lowest BCUT2D eigenvalue weighted by atomic mass is 9.94. The number of halogens is 2. The number of carboxylic acid groups (broad SMARTS) is 1. The first kappa shape index (κ1) is 11.6. The molecule has 0 aliphatic carbocycles. The largest absolute Gasteiger partial charge is 0.481 e. The van der Waals surface area contributed by atoms with Crippen LogP contribution < -0.4 is 0 Å². The molecule has 0 bridgehead atoms. The Morgan fingerprint density at radius 3 is 2.47 bits per heavy atom. The smallest absolute Gasteiger partial charge is 0.311 e. The van der Waals surface area contributed by atoms with Gasteiger partial charge in [0.1, 0.15) is 11.6 Å². The molecule has 4 heteroatoms. The number of hydrogen-bond donors (Lipinski definition) is 1. The summed E-state index contributed by atoms with van der Waals surface area (Å²) in [7, 11) is 0. The average Bonchev–Trinajstić information content (AvgIpc) is 2.14. The molecule has 0 fully saturated rings. The van der Waals surface area contributed by atoms with Gasteiger partial charge in [0.2, 0.25) is 0 Å². The molecule has 1 atom stereocenters. The van der Waals surface area contributed by atoms with Crippen LogP contribution in [0.3, 0.4) is 0 Å². The van der Waals surface area contributed by atoms with Crippen LogP contribution in [0.1, 0.15) is 30.4 Å². The zero-order chi connectivity index (χ0) is 11.6. The Hall–Kier alpha value is -1.45. The Bertz CT molecular complexity index is 388. The van der Waals surface area contributed by atoms with Crippen molar-refractivity contribution in [3.63, 3.8) is 0 Å². The molecule has 1 unspecified atom stereocenters. The van der Waals surface area contributed by atoms with Gasteiger partial charge in [-0.1, -0.05) is 6.92 Å². The van der Waals surface area contributed by atoms with Gasteiger partial charge < -0.3 is 5.11 Å². The SMILES string of the molecule is CCC(C(=O)O)c1cc(C)c(F)cc1F. The van der Waals surface area contributed by atoms with Crippen LogP contribution in [-0.4, -0.2) is 11.1 Å². The molecule has 0 saturated carbocycles. The third-order valence-corrected chi connectivity index (χ3v) is 2.36. The monoisotopic (exact) mass is 214 g/mol. The maximum absolute atomic E-state index is 13.3. The van der Waals surface area contributed by atoms with E-state index in [0.717, 1.165) is 6.07 Å². The third-order valence-electron chi connectivity index (χ3n) is 2.36. The van der Waals surface area contributed by atoms with Gasteiger partial charge >= 0.3 is 5.97 Å². The number of aryl methyl sites for hydroxylation is 1. The first-order valence-corrected chi connectivity index (χ1v) is 4.65. The van der Waals surface area contributed by atoms with Crippen LogP contribution in [0.15, 0.2) is 12.1 Å². The molecule has 1 aromatic carbocycles. The van der Waals surface area contributed by atoms with Crippen molar-refractivity contribution < 1.29 is 18.7 Å². The number of hydrogen-bond acceptors (Lipinski definition) is 1. The molecule has 0 heterocycles. The van der Waals surface area contributed by atoms with Crippen molar-refractivity contribution in [1.29, 1.82) is 0 Å². The molecule has 0 radical (unpaired) electrons. The maximum atomic E-state index is 13.3. The molecule has 0 amide bonds. The highest BCUT2D eigenvalue weighted by molar-refractivity contribution is 5.76. The van der Waals surface area contributed by atoms with Gasteiger partial charge in [-0.25, -0.2) is 8.78 Å². The van der Waals surface area contributed by atoms with Gasteiger partial charge in [0.15, 0.2) is 0 Å². The molecule has 0 aliphatic heterocycles. The van der Waals surface area contributed by atoms with E-state index in [-0.39, 0.29) is 17.5 Å². The summed E-state index contributed by atoms with van der Waals surface area (Å²) in [5.74, 6) is -3.46. The first-order valence-electron chi connectivity index (χ1n) is 4.65. The van der Waals surface area contributed by atoms with Gasteiger partial charge in [-0.3, -0.25) is 4.79 Å². The highest BCUT2D eigenvalue weighted by Crippen LogP contribution is 2.25. The topological polar surface area (TPSA) is 37.3 Å². The van der Waals surface area contributed by atoms with Gasteiger partial charge in [-0.05, 0) is 25.0 Å². The number of carboxylic acids is 1. The van der Waals surface area contributed by atoms with E-state index in [2.05, 4.69) is 0 Å². The molecule has 82 valence electrons. The Morgan fingerprint density at radius 2 is 2.00 bits per heavy atom. The summed E-state index contributed by atoms with van der Waals surface area (Å²) >= 11 is 0. The highest BCUT2D eigenvalue weighted by Gasteiger charge is 2.22. The molecule has 2 nitrogen and oxygen atoms in total. The fourth-order valence-corrected chi connectivity index (χ4v) is 1.47. The lowest BCUT2D eigenvalue weighted by molar-refractivity contribution is -0.138. The molecule has 0 saturated heterocycles. The number of aliphatic carboxylic acids is 1. The average molecular weight is 214 g/mol. The van der Waals surface area contributed by atoms with Gasteiger partial charge in [0.05, 0.1) is 5.92 Å². The van der Waals surface area contributed by atoms with E-state index in [1.165, 1.54) is 13.0 Å². The van der Waals surface area contributed by atoms with Crippen molar-refractivity contribution in [3.8, 4) is 0 Å². The Balaban J connectivity index is 3.24. The minimum absolute atomic E-state index is 0.0453. The van der Waals surface area contributed by atoms with Gasteiger partial charge in [0, 0.05) is 11.6 Å². The Morgan fingerprint density at radius 1 is 1.40 bits per heavy atom. The number of rotatable bonds is 3. The van der Waals surface area contributed by atoms with E-state index in [1.54, 1.807) is 6.92 Å². The third kappa shape index (κ3) is 2.32. The second-order valence-electron chi connectivity index (χ2n) is 3.42. The number of benzene rings is 1.